The number of methoxy groups -OCH3 is 1. The minimum Gasteiger partial charge on any atom is -0.670 e. The Balaban J connectivity index is 1.14. The third kappa shape index (κ3) is 9.42. The van der Waals surface area contributed by atoms with Gasteiger partial charge in [0.1, 0.15) is 18.3 Å². The number of carbonyl (C=O) groups excluding carboxylic acids is 1. The summed E-state index contributed by atoms with van der Waals surface area (Å²) in [6.45, 7) is 2.60. The number of Topliss-reactive ketones (excluding diaryl/α,β-unsaturated/α-hetero) is 1. The molecule has 0 saturated carbocycles. The Labute approximate surface area is 399 Å². The normalized spacial score (nSPS) is 23.7. The van der Waals surface area contributed by atoms with Crippen molar-refractivity contribution in [1.29, 1.82) is 0 Å². The number of carbonyl (C=O) groups is 1. The zero-order valence-corrected chi connectivity index (χ0v) is 39.6. The standard InChI is InChI=1S/C54H58N3O8S2/c1-53(63)29-57-31-65-52-45(60)15-11-35-26-54(19-17-47(49(35)52)67-66-30-53,36-21-33(27-55-2)22-37(58)24-36)48(62)25-46(61)43(23-32-18-20-56-28-32)40-12-13-41(50-42(40)14-16-44(59)51(50)64-3)39-10-6-8-34-7-4-5-9-38(34)39/h4-16,18,20-22,24,28,40-41,43,46-47,55,57-61,63H,17,19,23,25-27,29-31H2,1-3H3/q-1/t40-,41-,43+,46+,47+,53+,54-/m0/s1. The first-order valence-corrected chi connectivity index (χ1v) is 25.3. The molecule has 0 bridgehead atoms. The molecular formula is C54H58N3O8S2-. The monoisotopic (exact) mass is 940 g/mol. The zero-order valence-electron chi connectivity index (χ0n) is 37.9. The molecule has 5 aromatic carbocycles. The van der Waals surface area contributed by atoms with E-state index >= 15 is 4.79 Å². The van der Waals surface area contributed by atoms with Crippen LogP contribution in [0.4, 0.5) is 0 Å². The van der Waals surface area contributed by atoms with Crippen LogP contribution in [0.2, 0.25) is 0 Å². The van der Waals surface area contributed by atoms with Gasteiger partial charge < -0.3 is 45.3 Å². The summed E-state index contributed by atoms with van der Waals surface area (Å²) >= 11 is 0. The average Bonchev–Trinajstić information content (AvgIpc) is 3.76. The molecule has 7 atom stereocenters. The smallest absolute Gasteiger partial charge is 0.167 e. The number of aliphatic hydroxyl groups is 2. The van der Waals surface area contributed by atoms with Gasteiger partial charge >= 0.3 is 0 Å². The van der Waals surface area contributed by atoms with Gasteiger partial charge in [-0.05, 0) is 108 Å². The van der Waals surface area contributed by atoms with E-state index in [0.717, 1.165) is 49.7 Å². The van der Waals surface area contributed by atoms with Crippen LogP contribution in [-0.4, -0.2) is 76.2 Å². The number of β-amino-alcohol motifs (C(OH)–C–C–N with tert-alkyl or cyclic N) is 1. The zero-order chi connectivity index (χ0) is 46.9. The van der Waals surface area contributed by atoms with E-state index in [4.69, 9.17) is 9.47 Å². The van der Waals surface area contributed by atoms with Crippen LogP contribution in [0.25, 0.3) is 10.8 Å². The SMILES string of the molecule is CNCc1cc(O)cc([C@]2(C(=O)C[C@@H](O)[C@H](Cc3cc[n-]c3)[C@H]3C=C[C@@H](c4cccc5ccccc45)c4c3ccc(O)c4OC)CC[C@H]3SSC[C@](C)(O)CNCOc4c(O)ccc(c43)C2)c1. The second-order valence-corrected chi connectivity index (χ2v) is 21.1. The van der Waals surface area contributed by atoms with Gasteiger partial charge in [-0.1, -0.05) is 106 Å². The van der Waals surface area contributed by atoms with E-state index in [2.05, 4.69) is 52.0 Å². The number of allylic oxidation sites excluding steroid dienone is 2. The predicted octanol–water partition coefficient (Wildman–Crippen LogP) is 8.69. The number of nitrogens with one attached hydrogen (secondary N) is 2. The van der Waals surface area contributed by atoms with Crippen molar-refractivity contribution >= 4 is 38.1 Å². The number of fused-ring (bicyclic) bond motifs is 2. The molecule has 6 aromatic rings. The molecule has 2 aliphatic carbocycles. The first-order chi connectivity index (χ1) is 32.4. The average molecular weight is 941 g/mol. The van der Waals surface area contributed by atoms with E-state index < -0.39 is 29.0 Å². The maximum Gasteiger partial charge on any atom is 0.167 e. The molecule has 3 aliphatic rings. The molecule has 0 amide bonds. The number of hydrogen-bond acceptors (Lipinski definition) is 12. The van der Waals surface area contributed by atoms with E-state index in [0.29, 0.717) is 55.2 Å². The summed E-state index contributed by atoms with van der Waals surface area (Å²) < 4.78 is 12.3. The number of phenolic OH excluding ortho intramolecular Hbond substituents is 3. The number of rotatable bonds is 12. The molecule has 0 unspecified atom stereocenters. The lowest BCUT2D eigenvalue weighted by molar-refractivity contribution is -0.127. The van der Waals surface area contributed by atoms with Gasteiger partial charge in [0.2, 0.25) is 0 Å². The van der Waals surface area contributed by atoms with Crippen LogP contribution in [-0.2, 0) is 29.6 Å². The topological polar surface area (TPSA) is 175 Å². The van der Waals surface area contributed by atoms with Gasteiger partial charge in [0.05, 0.1) is 24.2 Å². The number of ketones is 1. The van der Waals surface area contributed by atoms with Gasteiger partial charge in [0.25, 0.3) is 0 Å². The molecule has 350 valence electrons. The van der Waals surface area contributed by atoms with Crippen molar-refractivity contribution in [2.45, 2.75) is 79.8 Å². The van der Waals surface area contributed by atoms with E-state index in [1.54, 1.807) is 72.3 Å². The number of aliphatic hydroxyl groups excluding tert-OH is 1. The molecule has 2 heterocycles. The van der Waals surface area contributed by atoms with Crippen LogP contribution >= 0.6 is 21.6 Å². The quantitative estimate of drug-likeness (QED) is 0.0459. The highest BCUT2D eigenvalue weighted by molar-refractivity contribution is 8.76. The molecule has 1 aromatic heterocycles. The molecule has 67 heavy (non-hydrogen) atoms. The maximum atomic E-state index is 15.9. The van der Waals surface area contributed by atoms with E-state index in [9.17, 15) is 25.5 Å². The van der Waals surface area contributed by atoms with Crippen LogP contribution in [0.15, 0.2) is 116 Å². The van der Waals surface area contributed by atoms with Crippen molar-refractivity contribution in [1.82, 2.24) is 15.6 Å². The molecule has 11 nitrogen and oxygen atoms in total. The summed E-state index contributed by atoms with van der Waals surface area (Å²) in [5.74, 6) is -0.177. The molecule has 7 N–H and O–H groups in total. The number of hydrogen-bond donors (Lipinski definition) is 7. The summed E-state index contributed by atoms with van der Waals surface area (Å²) in [6.07, 6.45) is 7.97. The summed E-state index contributed by atoms with van der Waals surface area (Å²) in [4.78, 5) is 20.2. The summed E-state index contributed by atoms with van der Waals surface area (Å²) in [6, 6.07) is 28.8. The Bertz CT molecular complexity index is 2770. The van der Waals surface area contributed by atoms with Gasteiger partial charge in [-0.15, -0.1) is 0 Å². The van der Waals surface area contributed by atoms with Crippen molar-refractivity contribution in [2.24, 2.45) is 5.92 Å². The Morgan fingerprint density at radius 3 is 2.60 bits per heavy atom. The van der Waals surface area contributed by atoms with Crippen molar-refractivity contribution in [3.05, 3.63) is 160 Å². The maximum absolute atomic E-state index is 15.9. The molecule has 0 saturated heterocycles. The van der Waals surface area contributed by atoms with Crippen LogP contribution in [0.5, 0.6) is 28.7 Å². The van der Waals surface area contributed by atoms with E-state index in [-0.39, 0.29) is 53.8 Å². The highest BCUT2D eigenvalue weighted by Gasteiger charge is 2.47. The first kappa shape index (κ1) is 46.7. The molecule has 13 heteroatoms. The molecule has 1 aliphatic heterocycles. The highest BCUT2D eigenvalue weighted by atomic mass is 33.1. The molecule has 9 rings (SSSR count). The van der Waals surface area contributed by atoms with Crippen LogP contribution in [0, 0.1) is 5.92 Å². The second-order valence-electron chi connectivity index (χ2n) is 18.6. The number of aromatic nitrogens is 1. The fraction of sp³-hybridized carbons (Fsp3) is 0.352. The van der Waals surface area contributed by atoms with Gasteiger partial charge in [-0.25, -0.2) is 0 Å². The Morgan fingerprint density at radius 2 is 1.79 bits per heavy atom. The Kier molecular flexibility index (Phi) is 13.7. The van der Waals surface area contributed by atoms with Crippen LogP contribution < -0.4 is 25.1 Å². The van der Waals surface area contributed by atoms with Crippen molar-refractivity contribution in [3.8, 4) is 28.7 Å². The van der Waals surface area contributed by atoms with E-state index in [1.165, 1.54) is 0 Å². The Hall–Kier alpha value is -5.41. The lowest BCUT2D eigenvalue weighted by atomic mass is 9.66. The highest BCUT2D eigenvalue weighted by Crippen LogP contribution is 2.56. The van der Waals surface area contributed by atoms with Crippen molar-refractivity contribution < 1.29 is 39.8 Å². The van der Waals surface area contributed by atoms with E-state index in [1.807, 2.05) is 49.5 Å². The predicted molar refractivity (Wildman–Crippen MR) is 265 cm³/mol. The largest absolute Gasteiger partial charge is 0.670 e. The molecular weight excluding hydrogens is 883 g/mol. The second kappa shape index (κ2) is 19.7. The third-order valence-corrected chi connectivity index (χ3v) is 17.0. The van der Waals surface area contributed by atoms with Crippen molar-refractivity contribution in [3.63, 3.8) is 0 Å². The van der Waals surface area contributed by atoms with Crippen LogP contribution in [0.3, 0.4) is 0 Å². The summed E-state index contributed by atoms with van der Waals surface area (Å²) in [5.41, 5.74) is 4.53. The fourth-order valence-corrected chi connectivity index (χ4v) is 13.9. The van der Waals surface area contributed by atoms with Crippen molar-refractivity contribution in [2.75, 3.05) is 33.2 Å². The van der Waals surface area contributed by atoms with Gasteiger partial charge in [-0.3, -0.25) is 10.1 Å². The number of ether oxygens (including phenoxy) is 2. The lowest BCUT2D eigenvalue weighted by Crippen LogP contribution is -2.42. The van der Waals surface area contributed by atoms with Gasteiger partial charge in [0, 0.05) is 53.5 Å². The fourth-order valence-electron chi connectivity index (χ4n) is 10.7. The minimum atomic E-state index is -1.22. The summed E-state index contributed by atoms with van der Waals surface area (Å²) in [5, 5.41) is 66.2. The van der Waals surface area contributed by atoms with Crippen LogP contribution in [0.1, 0.15) is 87.8 Å². The van der Waals surface area contributed by atoms with Gasteiger partial charge in [0.15, 0.2) is 23.0 Å². The number of nitrogens with zero attached hydrogens (tertiary/aromatic N) is 1. The summed E-state index contributed by atoms with van der Waals surface area (Å²) in [7, 11) is 6.54. The molecule has 0 fully saturated rings. The number of benzene rings is 5. The number of phenols is 3. The van der Waals surface area contributed by atoms with Gasteiger partial charge in [-0.2, -0.15) is 12.4 Å². The molecule has 0 spiro atoms. The minimum absolute atomic E-state index is 0.0108. The Morgan fingerprint density at radius 1 is 0.970 bits per heavy atom. The lowest BCUT2D eigenvalue weighted by Gasteiger charge is -2.38. The molecule has 0 radical (unpaired) electrons. The first-order valence-electron chi connectivity index (χ1n) is 22.9. The third-order valence-electron chi connectivity index (χ3n) is 13.9. The number of aromatic hydroxyl groups is 3.